The summed E-state index contributed by atoms with van der Waals surface area (Å²) in [5, 5.41) is 7.97. The van der Waals surface area contributed by atoms with Crippen LogP contribution in [0.4, 0.5) is 0 Å². The summed E-state index contributed by atoms with van der Waals surface area (Å²) in [6.07, 6.45) is 3.19. The molecule has 0 fully saturated rings. The lowest BCUT2D eigenvalue weighted by Crippen LogP contribution is -2.04. The third-order valence-electron chi connectivity index (χ3n) is 1.85. The van der Waals surface area contributed by atoms with Gasteiger partial charge in [-0.25, -0.2) is 9.97 Å². The van der Waals surface area contributed by atoms with E-state index < -0.39 is 0 Å². The van der Waals surface area contributed by atoms with E-state index >= 15 is 0 Å². The van der Waals surface area contributed by atoms with Gasteiger partial charge >= 0.3 is 0 Å². The first-order valence-corrected chi connectivity index (χ1v) is 4.45. The number of hydrogen-bond acceptors (Lipinski definition) is 4. The quantitative estimate of drug-likeness (QED) is 0.743. The van der Waals surface area contributed by atoms with Crippen molar-refractivity contribution in [2.24, 2.45) is 0 Å². The maximum Gasteiger partial charge on any atom is 0.225 e. The van der Waals surface area contributed by atoms with Gasteiger partial charge in [0.15, 0.2) is 0 Å². The van der Waals surface area contributed by atoms with Crippen LogP contribution in [0.5, 0.6) is 0 Å². The van der Waals surface area contributed by atoms with E-state index in [9.17, 15) is 0 Å². The van der Waals surface area contributed by atoms with Crippen molar-refractivity contribution in [2.75, 3.05) is 0 Å². The molecule has 2 aromatic heterocycles. The lowest BCUT2D eigenvalue weighted by Gasteiger charge is -2.03. The summed E-state index contributed by atoms with van der Waals surface area (Å²) in [6.45, 7) is 2.42. The van der Waals surface area contributed by atoms with E-state index in [0.717, 1.165) is 11.5 Å². The number of rotatable bonds is 2. The van der Waals surface area contributed by atoms with E-state index in [2.05, 4.69) is 20.2 Å². The van der Waals surface area contributed by atoms with Gasteiger partial charge in [-0.2, -0.15) is 0 Å². The number of hydrogen-bond donors (Lipinski definition) is 0. The van der Waals surface area contributed by atoms with E-state index in [1.54, 1.807) is 10.8 Å². The highest BCUT2D eigenvalue weighted by atomic mass is 35.5. The lowest BCUT2D eigenvalue weighted by atomic mass is 10.4. The van der Waals surface area contributed by atoms with E-state index in [1.807, 2.05) is 13.0 Å². The van der Waals surface area contributed by atoms with Crippen LogP contribution in [-0.2, 0) is 6.54 Å². The van der Waals surface area contributed by atoms with Gasteiger partial charge in [-0.3, -0.25) is 4.57 Å². The average Bonchev–Trinajstić information content (AvgIpc) is 2.51. The molecule has 0 unspecified atom stereocenters. The first kappa shape index (κ1) is 9.08. The zero-order valence-electron chi connectivity index (χ0n) is 7.55. The summed E-state index contributed by atoms with van der Waals surface area (Å²) in [4.78, 5) is 7.92. The molecule has 0 atom stereocenters. The Kier molecular flexibility index (Phi) is 2.41. The Morgan fingerprint density at radius 3 is 2.86 bits per heavy atom. The molecule has 0 aliphatic heterocycles. The molecule has 0 radical (unpaired) electrons. The van der Waals surface area contributed by atoms with Crippen molar-refractivity contribution in [3.63, 3.8) is 0 Å². The molecular formula is C8H8ClN5. The van der Waals surface area contributed by atoms with Gasteiger partial charge in [0.2, 0.25) is 5.28 Å². The van der Waals surface area contributed by atoms with Gasteiger partial charge < -0.3 is 0 Å². The molecule has 0 aromatic carbocycles. The highest BCUT2D eigenvalue weighted by Crippen LogP contribution is 2.09. The fraction of sp³-hybridized carbons (Fsp3) is 0.250. The molecule has 2 heterocycles. The highest BCUT2D eigenvalue weighted by molar-refractivity contribution is 6.28. The fourth-order valence-corrected chi connectivity index (χ4v) is 1.33. The number of aryl methyl sites for hydroxylation is 1. The van der Waals surface area contributed by atoms with Crippen molar-refractivity contribution in [1.29, 1.82) is 0 Å². The number of nitrogens with zero attached hydrogens (tertiary/aromatic N) is 5. The van der Waals surface area contributed by atoms with Crippen molar-refractivity contribution < 1.29 is 0 Å². The normalized spacial score (nSPS) is 10.4. The maximum absolute atomic E-state index is 5.84. The molecule has 14 heavy (non-hydrogen) atoms. The first-order valence-electron chi connectivity index (χ1n) is 4.07. The number of halogens is 1. The van der Waals surface area contributed by atoms with Gasteiger partial charge in [0.05, 0.1) is 12.2 Å². The standard InChI is InChI=1S/C8H8ClN5/c1-6-12-13-8(9)14(6)4-7-2-3-10-5-11-7/h2-3,5H,4H2,1H3. The lowest BCUT2D eigenvalue weighted by molar-refractivity contribution is 0.739. The van der Waals surface area contributed by atoms with Gasteiger partial charge in [-0.15, -0.1) is 10.2 Å². The van der Waals surface area contributed by atoms with E-state index in [4.69, 9.17) is 11.6 Å². The smallest absolute Gasteiger partial charge is 0.225 e. The Bertz CT molecular complexity index is 405. The molecule has 0 saturated heterocycles. The second-order valence-electron chi connectivity index (χ2n) is 2.80. The minimum absolute atomic E-state index is 0.376. The number of aromatic nitrogens is 5. The Labute approximate surface area is 85.8 Å². The van der Waals surface area contributed by atoms with E-state index in [0.29, 0.717) is 11.8 Å². The molecule has 5 nitrogen and oxygen atoms in total. The molecule has 6 heteroatoms. The van der Waals surface area contributed by atoms with Crippen LogP contribution in [0.3, 0.4) is 0 Å². The predicted molar refractivity (Wildman–Crippen MR) is 50.9 cm³/mol. The zero-order valence-corrected chi connectivity index (χ0v) is 8.31. The van der Waals surface area contributed by atoms with Crippen LogP contribution in [0, 0.1) is 6.92 Å². The van der Waals surface area contributed by atoms with Gasteiger partial charge in [0.1, 0.15) is 12.2 Å². The minimum atomic E-state index is 0.376. The summed E-state index contributed by atoms with van der Waals surface area (Å²) in [7, 11) is 0. The summed E-state index contributed by atoms with van der Waals surface area (Å²) < 4.78 is 1.78. The molecule has 0 saturated carbocycles. The van der Waals surface area contributed by atoms with Gasteiger partial charge in [0, 0.05) is 6.20 Å². The topological polar surface area (TPSA) is 56.5 Å². The molecule has 0 bridgehead atoms. The summed E-state index contributed by atoms with van der Waals surface area (Å²) in [6, 6.07) is 1.83. The SMILES string of the molecule is Cc1nnc(Cl)n1Cc1ccncn1. The third kappa shape index (κ3) is 1.72. The fourth-order valence-electron chi connectivity index (χ4n) is 1.11. The third-order valence-corrected chi connectivity index (χ3v) is 2.13. The Hall–Kier alpha value is -1.49. The second kappa shape index (κ2) is 3.71. The Morgan fingerprint density at radius 2 is 2.29 bits per heavy atom. The van der Waals surface area contributed by atoms with Gasteiger partial charge in [-0.05, 0) is 24.6 Å². The van der Waals surface area contributed by atoms with Crippen molar-refractivity contribution in [1.82, 2.24) is 24.7 Å². The minimum Gasteiger partial charge on any atom is -0.296 e. The summed E-state index contributed by atoms with van der Waals surface area (Å²) in [5.41, 5.74) is 0.879. The van der Waals surface area contributed by atoms with E-state index in [1.165, 1.54) is 6.33 Å². The van der Waals surface area contributed by atoms with Crippen molar-refractivity contribution >= 4 is 11.6 Å². The molecule has 0 N–H and O–H groups in total. The highest BCUT2D eigenvalue weighted by Gasteiger charge is 2.06. The van der Waals surface area contributed by atoms with Crippen LogP contribution >= 0.6 is 11.6 Å². The molecule has 0 amide bonds. The van der Waals surface area contributed by atoms with Gasteiger partial charge in [0.25, 0.3) is 0 Å². The molecule has 2 aromatic rings. The molecule has 0 aliphatic rings. The second-order valence-corrected chi connectivity index (χ2v) is 3.14. The van der Waals surface area contributed by atoms with Crippen LogP contribution in [0.25, 0.3) is 0 Å². The average molecular weight is 210 g/mol. The molecule has 0 aliphatic carbocycles. The zero-order chi connectivity index (χ0) is 9.97. The van der Waals surface area contributed by atoms with Crippen LogP contribution in [0.15, 0.2) is 18.6 Å². The van der Waals surface area contributed by atoms with Gasteiger partial charge in [-0.1, -0.05) is 0 Å². The largest absolute Gasteiger partial charge is 0.296 e. The molecule has 72 valence electrons. The van der Waals surface area contributed by atoms with Crippen LogP contribution < -0.4 is 0 Å². The Balaban J connectivity index is 2.27. The molecular weight excluding hydrogens is 202 g/mol. The van der Waals surface area contributed by atoms with Crippen molar-refractivity contribution in [3.8, 4) is 0 Å². The molecule has 2 rings (SSSR count). The van der Waals surface area contributed by atoms with Crippen LogP contribution in [0.2, 0.25) is 5.28 Å². The summed E-state index contributed by atoms with van der Waals surface area (Å²) >= 11 is 5.84. The Morgan fingerprint density at radius 1 is 1.43 bits per heavy atom. The van der Waals surface area contributed by atoms with Crippen molar-refractivity contribution in [3.05, 3.63) is 35.4 Å². The summed E-state index contributed by atoms with van der Waals surface area (Å²) in [5.74, 6) is 0.772. The van der Waals surface area contributed by atoms with Crippen LogP contribution in [0.1, 0.15) is 11.5 Å². The monoisotopic (exact) mass is 209 g/mol. The van der Waals surface area contributed by atoms with Crippen molar-refractivity contribution in [2.45, 2.75) is 13.5 Å². The maximum atomic E-state index is 5.84. The molecule has 0 spiro atoms. The van der Waals surface area contributed by atoms with Crippen LogP contribution in [-0.4, -0.2) is 24.7 Å². The van der Waals surface area contributed by atoms with E-state index in [-0.39, 0.29) is 0 Å². The first-order chi connectivity index (χ1) is 6.77. The predicted octanol–water partition coefficient (Wildman–Crippen LogP) is 1.08.